The Bertz CT molecular complexity index is 261. The van der Waals surface area contributed by atoms with E-state index in [1.165, 1.54) is 0 Å². The van der Waals surface area contributed by atoms with Gasteiger partial charge in [-0.15, -0.1) is 0 Å². The van der Waals surface area contributed by atoms with Crippen molar-refractivity contribution in [2.24, 2.45) is 5.73 Å². The predicted molar refractivity (Wildman–Crippen MR) is 52.5 cm³/mol. The fourth-order valence-corrected chi connectivity index (χ4v) is 0.567. The number of primary amides is 1. The van der Waals surface area contributed by atoms with E-state index in [9.17, 15) is 4.79 Å². The Morgan fingerprint density at radius 1 is 1.46 bits per heavy atom. The van der Waals surface area contributed by atoms with Gasteiger partial charge in [0.2, 0.25) is 5.91 Å². The normalized spacial score (nSPS) is 8.08. The third kappa shape index (κ3) is 6.90. The Morgan fingerprint density at radius 2 is 1.85 bits per heavy atom. The lowest BCUT2D eigenvalue weighted by Gasteiger charge is -1.87. The molecule has 0 saturated heterocycles. The number of amides is 1. The summed E-state index contributed by atoms with van der Waals surface area (Å²) in [4.78, 5) is 9.47. The number of halogens is 1. The minimum absolute atomic E-state index is 0.245. The molecule has 0 atom stereocenters. The van der Waals surface area contributed by atoms with Crippen LogP contribution in [0.25, 0.3) is 0 Å². The molecule has 0 aliphatic carbocycles. The van der Waals surface area contributed by atoms with Crippen LogP contribution in [0.15, 0.2) is 36.9 Å². The van der Waals surface area contributed by atoms with Gasteiger partial charge in [-0.2, -0.15) is 0 Å². The maximum atomic E-state index is 9.47. The number of hydrogen-bond acceptors (Lipinski definition) is 2. The van der Waals surface area contributed by atoms with E-state index < -0.39 is 5.91 Å². The molecule has 0 saturated carbocycles. The van der Waals surface area contributed by atoms with E-state index in [1.54, 1.807) is 24.3 Å². The second-order valence-electron chi connectivity index (χ2n) is 2.08. The first kappa shape index (κ1) is 11.5. The zero-order valence-corrected chi connectivity index (χ0v) is 7.66. The fraction of sp³-hybridized carbons (Fsp3) is 0. The second-order valence-corrected chi connectivity index (χ2v) is 2.52. The molecular weight excluding hydrogens is 190 g/mol. The third-order valence-electron chi connectivity index (χ3n) is 1.03. The molecule has 1 aromatic rings. The number of nitrogens with two attached hydrogens (primary N) is 1. The largest absolute Gasteiger partial charge is 0.508 e. The van der Waals surface area contributed by atoms with E-state index >= 15 is 0 Å². The average molecular weight is 200 g/mol. The molecule has 3 nitrogen and oxygen atoms in total. The molecule has 0 aromatic heterocycles. The Morgan fingerprint density at radius 3 is 2.08 bits per heavy atom. The molecule has 0 spiro atoms. The SMILES string of the molecule is C=CC(N)=O.Oc1ccc(Cl)cc1. The summed E-state index contributed by atoms with van der Waals surface area (Å²) in [5, 5.41) is 9.34. The molecule has 1 rings (SSSR count). The maximum absolute atomic E-state index is 9.47. The first-order chi connectivity index (χ1) is 6.06. The Balaban J connectivity index is 0.000000252. The Labute approximate surface area is 81.4 Å². The number of phenols is 1. The van der Waals surface area contributed by atoms with Crippen LogP contribution in [0.4, 0.5) is 0 Å². The molecule has 0 heterocycles. The summed E-state index contributed by atoms with van der Waals surface area (Å²) in [6.45, 7) is 3.09. The number of benzene rings is 1. The Hall–Kier alpha value is -1.48. The van der Waals surface area contributed by atoms with Crippen molar-refractivity contribution < 1.29 is 9.90 Å². The summed E-state index contributed by atoms with van der Waals surface area (Å²) in [7, 11) is 0. The number of carbonyl (C=O) groups is 1. The van der Waals surface area contributed by atoms with Crippen molar-refractivity contribution in [2.75, 3.05) is 0 Å². The van der Waals surface area contributed by atoms with Gasteiger partial charge in [-0.05, 0) is 30.3 Å². The summed E-state index contributed by atoms with van der Waals surface area (Å²) in [6.07, 6.45) is 1.06. The molecule has 0 aliphatic rings. The van der Waals surface area contributed by atoms with Crippen LogP contribution in [-0.4, -0.2) is 11.0 Å². The van der Waals surface area contributed by atoms with Crippen molar-refractivity contribution in [3.63, 3.8) is 0 Å². The van der Waals surface area contributed by atoms with Gasteiger partial charge in [0.25, 0.3) is 0 Å². The van der Waals surface area contributed by atoms with E-state index in [1.807, 2.05) is 0 Å². The van der Waals surface area contributed by atoms with Crippen LogP contribution in [0.5, 0.6) is 5.75 Å². The zero-order chi connectivity index (χ0) is 10.3. The van der Waals surface area contributed by atoms with Gasteiger partial charge in [0.1, 0.15) is 5.75 Å². The third-order valence-corrected chi connectivity index (χ3v) is 1.28. The van der Waals surface area contributed by atoms with E-state index in [0.29, 0.717) is 5.02 Å². The topological polar surface area (TPSA) is 63.3 Å². The van der Waals surface area contributed by atoms with Crippen molar-refractivity contribution in [3.05, 3.63) is 41.9 Å². The second kappa shape index (κ2) is 6.08. The smallest absolute Gasteiger partial charge is 0.240 e. The molecule has 4 heteroatoms. The molecule has 0 bridgehead atoms. The molecule has 0 aliphatic heterocycles. The van der Waals surface area contributed by atoms with E-state index in [0.717, 1.165) is 6.08 Å². The highest BCUT2D eigenvalue weighted by molar-refractivity contribution is 6.30. The van der Waals surface area contributed by atoms with Gasteiger partial charge in [-0.1, -0.05) is 18.2 Å². The minimum Gasteiger partial charge on any atom is -0.508 e. The highest BCUT2D eigenvalue weighted by Crippen LogP contribution is 2.12. The van der Waals surface area contributed by atoms with Crippen molar-refractivity contribution in [1.29, 1.82) is 0 Å². The van der Waals surface area contributed by atoms with Gasteiger partial charge in [0, 0.05) is 5.02 Å². The van der Waals surface area contributed by atoms with Gasteiger partial charge < -0.3 is 10.8 Å². The van der Waals surface area contributed by atoms with E-state index in [2.05, 4.69) is 12.3 Å². The number of rotatable bonds is 1. The van der Waals surface area contributed by atoms with Gasteiger partial charge in [0.05, 0.1) is 0 Å². The first-order valence-electron chi connectivity index (χ1n) is 3.42. The summed E-state index contributed by atoms with van der Waals surface area (Å²) in [5.74, 6) is -0.237. The number of hydrogen-bond donors (Lipinski definition) is 2. The van der Waals surface area contributed by atoms with E-state index in [4.69, 9.17) is 16.7 Å². The molecule has 13 heavy (non-hydrogen) atoms. The van der Waals surface area contributed by atoms with Crippen LogP contribution >= 0.6 is 11.6 Å². The van der Waals surface area contributed by atoms with Crippen LogP contribution < -0.4 is 5.73 Å². The maximum Gasteiger partial charge on any atom is 0.240 e. The lowest BCUT2D eigenvalue weighted by atomic mass is 10.3. The minimum atomic E-state index is -0.481. The van der Waals surface area contributed by atoms with Crippen LogP contribution in [0.3, 0.4) is 0 Å². The zero-order valence-electron chi connectivity index (χ0n) is 6.90. The number of carbonyl (C=O) groups excluding carboxylic acids is 1. The molecular formula is C9H10ClNO2. The molecule has 3 N–H and O–H groups in total. The van der Waals surface area contributed by atoms with Crippen molar-refractivity contribution in [2.45, 2.75) is 0 Å². The van der Waals surface area contributed by atoms with Crippen molar-refractivity contribution in [1.82, 2.24) is 0 Å². The lowest BCUT2D eigenvalue weighted by molar-refractivity contribution is -0.113. The van der Waals surface area contributed by atoms with Crippen LogP contribution in [0, 0.1) is 0 Å². The molecule has 0 radical (unpaired) electrons. The summed E-state index contributed by atoms with van der Waals surface area (Å²) >= 11 is 5.50. The number of phenolic OH excluding ortho intramolecular Hbond substituents is 1. The molecule has 1 amide bonds. The molecule has 0 fully saturated rings. The fourth-order valence-electron chi connectivity index (χ4n) is 0.441. The summed E-state index contributed by atoms with van der Waals surface area (Å²) in [6, 6.07) is 6.36. The standard InChI is InChI=1S/C6H5ClO.C3H5NO/c7-5-1-3-6(8)4-2-5;1-2-3(4)5/h1-4,8H;2H,1H2,(H2,4,5). The van der Waals surface area contributed by atoms with Crippen LogP contribution in [0.1, 0.15) is 0 Å². The van der Waals surface area contributed by atoms with E-state index in [-0.39, 0.29) is 5.75 Å². The number of aromatic hydroxyl groups is 1. The van der Waals surface area contributed by atoms with Crippen molar-refractivity contribution in [3.8, 4) is 5.75 Å². The van der Waals surface area contributed by atoms with Gasteiger partial charge in [0.15, 0.2) is 0 Å². The lowest BCUT2D eigenvalue weighted by Crippen LogP contribution is -2.04. The van der Waals surface area contributed by atoms with Crippen LogP contribution in [-0.2, 0) is 4.79 Å². The van der Waals surface area contributed by atoms with Gasteiger partial charge in [-0.3, -0.25) is 4.79 Å². The highest BCUT2D eigenvalue weighted by Gasteiger charge is 1.84. The first-order valence-corrected chi connectivity index (χ1v) is 3.80. The molecule has 1 aromatic carbocycles. The molecule has 0 unspecified atom stereocenters. The van der Waals surface area contributed by atoms with Crippen molar-refractivity contribution >= 4 is 17.5 Å². The van der Waals surface area contributed by atoms with Crippen LogP contribution in [0.2, 0.25) is 5.02 Å². The van der Waals surface area contributed by atoms with Gasteiger partial charge >= 0.3 is 0 Å². The molecule has 70 valence electrons. The monoisotopic (exact) mass is 199 g/mol. The average Bonchev–Trinajstić information content (AvgIpc) is 2.11. The predicted octanol–water partition coefficient (Wildman–Crippen LogP) is 1.70. The highest BCUT2D eigenvalue weighted by atomic mass is 35.5. The summed E-state index contributed by atoms with van der Waals surface area (Å²) < 4.78 is 0. The quantitative estimate of drug-likeness (QED) is 0.677. The summed E-state index contributed by atoms with van der Waals surface area (Å²) in [5.41, 5.74) is 4.53. The Kier molecular flexibility index (Phi) is 5.39. The van der Waals surface area contributed by atoms with Gasteiger partial charge in [-0.25, -0.2) is 0 Å².